The second kappa shape index (κ2) is 4.03. The molecule has 15 heavy (non-hydrogen) atoms. The summed E-state index contributed by atoms with van der Waals surface area (Å²) in [7, 11) is 2.29. The minimum atomic E-state index is 0. The highest BCUT2D eigenvalue weighted by Crippen LogP contribution is 2.33. The number of hydrogen-bond donors (Lipinski definition) is 0. The molecule has 0 fully saturated rings. The van der Waals surface area contributed by atoms with E-state index in [9.17, 15) is 0 Å². The van der Waals surface area contributed by atoms with Crippen molar-refractivity contribution in [1.29, 1.82) is 0 Å². The summed E-state index contributed by atoms with van der Waals surface area (Å²) in [5.74, 6) is 0. The maximum absolute atomic E-state index is 2.52. The zero-order chi connectivity index (χ0) is 9.54. The quantitative estimate of drug-likeness (QED) is 0.611. The van der Waals surface area contributed by atoms with Crippen LogP contribution >= 0.6 is 0 Å². The third-order valence-corrected chi connectivity index (χ3v) is 4.05. The van der Waals surface area contributed by atoms with Crippen LogP contribution in [0.2, 0.25) is 0 Å². The fourth-order valence-electron chi connectivity index (χ4n) is 3.33. The van der Waals surface area contributed by atoms with Crippen molar-refractivity contribution in [1.82, 2.24) is 4.57 Å². The van der Waals surface area contributed by atoms with E-state index in [1.165, 1.54) is 51.4 Å². The Kier molecular flexibility index (Phi) is 2.90. The normalized spacial score (nSPS) is 19.0. The number of nitrogens with zero attached hydrogens (tertiary/aromatic N) is 1. The smallest absolute Gasteiger partial charge is 0.0209 e. The highest BCUT2D eigenvalue weighted by atomic mass is 15.0. The first-order valence-electron chi connectivity index (χ1n) is 6.06. The standard InChI is InChI=1S/C13H19N.CH4/c1-14-12-8-4-2-6-10(12)11-7-3-5-9-13(11)14;/h2-9H2,1H3;1H4. The molecule has 2 aliphatic carbocycles. The summed E-state index contributed by atoms with van der Waals surface area (Å²) in [6.45, 7) is 0. The van der Waals surface area contributed by atoms with Crippen LogP contribution < -0.4 is 0 Å². The van der Waals surface area contributed by atoms with Crippen LogP contribution in [0.1, 0.15) is 55.6 Å². The van der Waals surface area contributed by atoms with Gasteiger partial charge in [-0.3, -0.25) is 0 Å². The fraction of sp³-hybridized carbons (Fsp3) is 0.714. The second-order valence-corrected chi connectivity index (χ2v) is 4.82. The van der Waals surface area contributed by atoms with Gasteiger partial charge in [0.05, 0.1) is 0 Å². The molecule has 1 aromatic rings. The Morgan fingerprint density at radius 3 is 1.60 bits per heavy atom. The summed E-state index contributed by atoms with van der Waals surface area (Å²) in [4.78, 5) is 0. The molecular formula is C14H23N. The van der Waals surface area contributed by atoms with E-state index >= 15 is 0 Å². The molecule has 0 saturated carbocycles. The number of hydrogen-bond acceptors (Lipinski definition) is 0. The summed E-state index contributed by atoms with van der Waals surface area (Å²) in [6, 6.07) is 0. The lowest BCUT2D eigenvalue weighted by atomic mass is 9.89. The maximum Gasteiger partial charge on any atom is 0.0209 e. The molecule has 2 aliphatic rings. The van der Waals surface area contributed by atoms with Gasteiger partial charge in [0.25, 0.3) is 0 Å². The van der Waals surface area contributed by atoms with Gasteiger partial charge >= 0.3 is 0 Å². The molecule has 1 aromatic heterocycles. The Morgan fingerprint density at radius 1 is 0.733 bits per heavy atom. The Balaban J connectivity index is 0.000000853. The van der Waals surface area contributed by atoms with Gasteiger partial charge in [-0.05, 0) is 62.5 Å². The summed E-state index contributed by atoms with van der Waals surface area (Å²) >= 11 is 0. The molecule has 0 atom stereocenters. The van der Waals surface area contributed by atoms with Crippen LogP contribution in [-0.2, 0) is 32.7 Å². The SMILES string of the molecule is C.Cn1c2c(c3c1CCCC3)CCCC2. The van der Waals surface area contributed by atoms with Crippen LogP contribution in [0.4, 0.5) is 0 Å². The summed E-state index contributed by atoms with van der Waals surface area (Å²) in [5, 5.41) is 0. The van der Waals surface area contributed by atoms with Gasteiger partial charge in [-0.1, -0.05) is 7.43 Å². The second-order valence-electron chi connectivity index (χ2n) is 4.82. The van der Waals surface area contributed by atoms with Crippen LogP contribution in [-0.4, -0.2) is 4.57 Å². The monoisotopic (exact) mass is 205 g/mol. The van der Waals surface area contributed by atoms with Crippen LogP contribution in [0.25, 0.3) is 0 Å². The zero-order valence-electron chi connectivity index (χ0n) is 9.10. The van der Waals surface area contributed by atoms with Gasteiger partial charge in [0, 0.05) is 18.4 Å². The Bertz CT molecular complexity index is 326. The highest BCUT2D eigenvalue weighted by molar-refractivity contribution is 5.41. The van der Waals surface area contributed by atoms with E-state index in [-0.39, 0.29) is 7.43 Å². The van der Waals surface area contributed by atoms with Crippen molar-refractivity contribution in [3.8, 4) is 0 Å². The number of rotatable bonds is 0. The average molecular weight is 205 g/mol. The average Bonchev–Trinajstić information content (AvgIpc) is 2.55. The van der Waals surface area contributed by atoms with Crippen molar-refractivity contribution in [2.24, 2.45) is 7.05 Å². The van der Waals surface area contributed by atoms with Crippen molar-refractivity contribution in [3.05, 3.63) is 22.5 Å². The van der Waals surface area contributed by atoms with E-state index in [1.54, 1.807) is 22.5 Å². The van der Waals surface area contributed by atoms with E-state index in [4.69, 9.17) is 0 Å². The largest absolute Gasteiger partial charge is 0.351 e. The maximum atomic E-state index is 2.52. The van der Waals surface area contributed by atoms with Crippen LogP contribution in [0.15, 0.2) is 0 Å². The summed E-state index contributed by atoms with van der Waals surface area (Å²) in [6.07, 6.45) is 11.0. The van der Waals surface area contributed by atoms with Crippen LogP contribution in [0.3, 0.4) is 0 Å². The molecule has 0 aliphatic heterocycles. The van der Waals surface area contributed by atoms with Crippen molar-refractivity contribution in [3.63, 3.8) is 0 Å². The molecule has 0 saturated heterocycles. The molecule has 0 bridgehead atoms. The van der Waals surface area contributed by atoms with Gasteiger partial charge in [0.2, 0.25) is 0 Å². The minimum absolute atomic E-state index is 0. The topological polar surface area (TPSA) is 4.93 Å². The van der Waals surface area contributed by atoms with E-state index < -0.39 is 0 Å². The van der Waals surface area contributed by atoms with Crippen molar-refractivity contribution in [2.45, 2.75) is 58.8 Å². The first-order chi connectivity index (χ1) is 6.88. The first-order valence-corrected chi connectivity index (χ1v) is 6.06. The lowest BCUT2D eigenvalue weighted by Crippen LogP contribution is -2.06. The third-order valence-electron chi connectivity index (χ3n) is 4.05. The van der Waals surface area contributed by atoms with E-state index in [0.29, 0.717) is 0 Å². The highest BCUT2D eigenvalue weighted by Gasteiger charge is 2.23. The van der Waals surface area contributed by atoms with Crippen LogP contribution in [0.5, 0.6) is 0 Å². The fourth-order valence-corrected chi connectivity index (χ4v) is 3.33. The predicted octanol–water partition coefficient (Wildman–Crippen LogP) is 3.42. The van der Waals surface area contributed by atoms with E-state index in [0.717, 1.165) is 0 Å². The Labute approximate surface area is 93.5 Å². The van der Waals surface area contributed by atoms with Crippen molar-refractivity contribution < 1.29 is 0 Å². The Hall–Kier alpha value is -0.720. The number of aromatic nitrogens is 1. The van der Waals surface area contributed by atoms with Crippen LogP contribution in [0, 0.1) is 0 Å². The van der Waals surface area contributed by atoms with Gasteiger partial charge in [-0.25, -0.2) is 0 Å². The molecule has 0 N–H and O–H groups in total. The van der Waals surface area contributed by atoms with Gasteiger partial charge in [-0.2, -0.15) is 0 Å². The third kappa shape index (κ3) is 1.53. The molecule has 1 nitrogen and oxygen atoms in total. The zero-order valence-corrected chi connectivity index (χ0v) is 9.10. The molecule has 0 radical (unpaired) electrons. The van der Waals surface area contributed by atoms with E-state index in [2.05, 4.69) is 11.6 Å². The Morgan fingerprint density at radius 2 is 1.13 bits per heavy atom. The van der Waals surface area contributed by atoms with Gasteiger partial charge < -0.3 is 4.57 Å². The number of fused-ring (bicyclic) bond motifs is 3. The predicted molar refractivity (Wildman–Crippen MR) is 65.4 cm³/mol. The summed E-state index contributed by atoms with van der Waals surface area (Å²) in [5.41, 5.74) is 6.83. The summed E-state index contributed by atoms with van der Waals surface area (Å²) < 4.78 is 2.52. The molecule has 1 heterocycles. The molecule has 1 heteroatoms. The molecule has 84 valence electrons. The van der Waals surface area contributed by atoms with Crippen molar-refractivity contribution >= 4 is 0 Å². The van der Waals surface area contributed by atoms with Gasteiger partial charge in [0.1, 0.15) is 0 Å². The lowest BCUT2D eigenvalue weighted by Gasteiger charge is -2.14. The lowest BCUT2D eigenvalue weighted by molar-refractivity contribution is 0.631. The van der Waals surface area contributed by atoms with Gasteiger partial charge in [-0.15, -0.1) is 0 Å². The molecular weight excluding hydrogens is 182 g/mol. The van der Waals surface area contributed by atoms with Crippen molar-refractivity contribution in [2.75, 3.05) is 0 Å². The molecule has 0 aromatic carbocycles. The molecule has 0 unspecified atom stereocenters. The molecule has 0 amide bonds. The van der Waals surface area contributed by atoms with E-state index in [1.807, 2.05) is 0 Å². The molecule has 0 spiro atoms. The first kappa shape index (κ1) is 10.8. The molecule has 3 rings (SSSR count). The minimum Gasteiger partial charge on any atom is -0.351 e. The van der Waals surface area contributed by atoms with Gasteiger partial charge in [0.15, 0.2) is 0 Å².